The number of imidazole rings is 1. The van der Waals surface area contributed by atoms with Crippen molar-refractivity contribution in [2.45, 2.75) is 182 Å². The summed E-state index contributed by atoms with van der Waals surface area (Å²) in [7, 11) is 0. The van der Waals surface area contributed by atoms with Gasteiger partial charge in [0, 0.05) is 25.4 Å². The van der Waals surface area contributed by atoms with E-state index in [0.29, 0.717) is 19.6 Å². The van der Waals surface area contributed by atoms with Crippen LogP contribution in [0.3, 0.4) is 0 Å². The summed E-state index contributed by atoms with van der Waals surface area (Å²) in [6.45, 7) is 14.1. The third-order valence-electron chi connectivity index (χ3n) is 9.11. The number of esters is 2. The van der Waals surface area contributed by atoms with E-state index in [0.717, 1.165) is 89.7 Å². The molecular formula is C39H73N3O4. The largest absolute Gasteiger partial charge is 0.466 e. The van der Waals surface area contributed by atoms with E-state index in [1.165, 1.54) is 83.6 Å². The second-order valence-corrected chi connectivity index (χ2v) is 13.4. The normalized spacial score (nSPS) is 12.1. The molecule has 0 aromatic carbocycles. The lowest BCUT2D eigenvalue weighted by atomic mass is 9.96. The highest BCUT2D eigenvalue weighted by Gasteiger charge is 2.18. The van der Waals surface area contributed by atoms with Gasteiger partial charge in [-0.1, -0.05) is 111 Å². The molecular weight excluding hydrogens is 574 g/mol. The van der Waals surface area contributed by atoms with Crippen LogP contribution in [0.5, 0.6) is 0 Å². The number of nitrogens with zero attached hydrogens (tertiary/aromatic N) is 3. The minimum absolute atomic E-state index is 0.0424. The lowest BCUT2D eigenvalue weighted by Gasteiger charge is -2.22. The molecule has 0 radical (unpaired) electrons. The zero-order valence-corrected chi connectivity index (χ0v) is 30.7. The van der Waals surface area contributed by atoms with Gasteiger partial charge < -0.3 is 18.9 Å². The molecule has 268 valence electrons. The summed E-state index contributed by atoms with van der Waals surface area (Å²) in [4.78, 5) is 31.3. The molecule has 0 aliphatic carbocycles. The second kappa shape index (κ2) is 30.4. The van der Waals surface area contributed by atoms with E-state index in [2.05, 4.69) is 41.4 Å². The number of aryl methyl sites for hydroxylation is 2. The Labute approximate surface area is 284 Å². The average Bonchev–Trinajstić information content (AvgIpc) is 3.47. The summed E-state index contributed by atoms with van der Waals surface area (Å²) in [6.07, 6.45) is 30.0. The second-order valence-electron chi connectivity index (χ2n) is 13.4. The first kappa shape index (κ1) is 42.1. The SMILES string of the molecule is CCCCCCCCC(CCC)C(=O)OCCCCCCCCN(CCCCCCCC(=O)OCCC)CCCn1ccnc1C. The van der Waals surface area contributed by atoms with Crippen LogP contribution in [0.15, 0.2) is 12.4 Å². The lowest BCUT2D eigenvalue weighted by Crippen LogP contribution is -2.28. The molecule has 0 aliphatic rings. The Balaban J connectivity index is 2.20. The fraction of sp³-hybridized carbons (Fsp3) is 0.872. The Kier molecular flexibility index (Phi) is 27.9. The molecule has 0 bridgehead atoms. The smallest absolute Gasteiger partial charge is 0.308 e. The molecule has 1 aromatic rings. The topological polar surface area (TPSA) is 73.7 Å². The molecule has 46 heavy (non-hydrogen) atoms. The number of carbonyl (C=O) groups excluding carboxylic acids is 2. The molecule has 1 heterocycles. The quantitative estimate of drug-likeness (QED) is 0.0558. The number of hydrogen-bond acceptors (Lipinski definition) is 6. The number of ether oxygens (including phenoxy) is 2. The van der Waals surface area contributed by atoms with Crippen LogP contribution in [0, 0.1) is 12.8 Å². The lowest BCUT2D eigenvalue weighted by molar-refractivity contribution is -0.149. The van der Waals surface area contributed by atoms with Gasteiger partial charge in [-0.25, -0.2) is 4.98 Å². The van der Waals surface area contributed by atoms with Crippen LogP contribution in [0.4, 0.5) is 0 Å². The molecule has 0 N–H and O–H groups in total. The molecule has 7 heteroatoms. The van der Waals surface area contributed by atoms with Crippen molar-refractivity contribution in [3.8, 4) is 0 Å². The van der Waals surface area contributed by atoms with Gasteiger partial charge in [0.1, 0.15) is 5.82 Å². The van der Waals surface area contributed by atoms with Crippen molar-refractivity contribution in [1.82, 2.24) is 14.5 Å². The first-order valence-corrected chi connectivity index (χ1v) is 19.5. The standard InChI is InChI=1S/C39H73N3O4/c1-5-8-9-10-14-19-26-37(25-6-2)39(44)46-35-23-18-12-11-16-21-29-41(31-24-32-42-33-28-40-36(42)4)30-22-17-13-15-20-27-38(43)45-34-7-3/h28,33,37H,5-27,29-32,34-35H2,1-4H3. The van der Waals surface area contributed by atoms with Gasteiger partial charge in [0.25, 0.3) is 0 Å². The predicted octanol–water partition coefficient (Wildman–Crippen LogP) is 10.2. The van der Waals surface area contributed by atoms with E-state index in [-0.39, 0.29) is 17.9 Å². The van der Waals surface area contributed by atoms with Gasteiger partial charge in [0.15, 0.2) is 0 Å². The first-order chi connectivity index (χ1) is 22.5. The Bertz CT molecular complexity index is 843. The number of aromatic nitrogens is 2. The third kappa shape index (κ3) is 23.4. The molecule has 1 aromatic heterocycles. The van der Waals surface area contributed by atoms with Crippen molar-refractivity contribution in [2.24, 2.45) is 5.92 Å². The van der Waals surface area contributed by atoms with Crippen molar-refractivity contribution in [3.05, 3.63) is 18.2 Å². The van der Waals surface area contributed by atoms with Gasteiger partial charge in [-0.15, -0.1) is 0 Å². The number of hydrogen-bond donors (Lipinski definition) is 0. The van der Waals surface area contributed by atoms with Gasteiger partial charge >= 0.3 is 11.9 Å². The van der Waals surface area contributed by atoms with Crippen molar-refractivity contribution in [2.75, 3.05) is 32.8 Å². The third-order valence-corrected chi connectivity index (χ3v) is 9.11. The Morgan fingerprint density at radius 2 is 1.28 bits per heavy atom. The highest BCUT2D eigenvalue weighted by atomic mass is 16.5. The number of unbranched alkanes of at least 4 members (excludes halogenated alkanes) is 14. The van der Waals surface area contributed by atoms with Gasteiger partial charge in [0.2, 0.25) is 0 Å². The van der Waals surface area contributed by atoms with Crippen LogP contribution >= 0.6 is 0 Å². The van der Waals surface area contributed by atoms with Crippen LogP contribution in [0.1, 0.15) is 174 Å². The monoisotopic (exact) mass is 648 g/mol. The first-order valence-electron chi connectivity index (χ1n) is 19.5. The maximum absolute atomic E-state index is 12.6. The van der Waals surface area contributed by atoms with Crippen LogP contribution in [-0.2, 0) is 25.6 Å². The molecule has 0 fully saturated rings. The van der Waals surface area contributed by atoms with E-state index >= 15 is 0 Å². The molecule has 0 spiro atoms. The van der Waals surface area contributed by atoms with Gasteiger partial charge in [-0.3, -0.25) is 9.59 Å². The fourth-order valence-electron chi connectivity index (χ4n) is 6.20. The van der Waals surface area contributed by atoms with E-state index in [4.69, 9.17) is 9.47 Å². The van der Waals surface area contributed by atoms with Crippen molar-refractivity contribution >= 4 is 11.9 Å². The number of rotatable bonds is 33. The highest BCUT2D eigenvalue weighted by Crippen LogP contribution is 2.19. The molecule has 0 aliphatic heterocycles. The van der Waals surface area contributed by atoms with Crippen LogP contribution in [0.2, 0.25) is 0 Å². The summed E-state index contributed by atoms with van der Waals surface area (Å²) >= 11 is 0. The minimum Gasteiger partial charge on any atom is -0.466 e. The van der Waals surface area contributed by atoms with E-state index in [9.17, 15) is 9.59 Å². The van der Waals surface area contributed by atoms with Gasteiger partial charge in [-0.2, -0.15) is 0 Å². The van der Waals surface area contributed by atoms with Gasteiger partial charge in [0.05, 0.1) is 19.1 Å². The zero-order valence-electron chi connectivity index (χ0n) is 30.7. The molecule has 1 unspecified atom stereocenters. The van der Waals surface area contributed by atoms with Crippen molar-refractivity contribution in [1.29, 1.82) is 0 Å². The van der Waals surface area contributed by atoms with Crippen LogP contribution < -0.4 is 0 Å². The maximum Gasteiger partial charge on any atom is 0.308 e. The number of carbonyl (C=O) groups is 2. The fourth-order valence-corrected chi connectivity index (χ4v) is 6.20. The Hall–Kier alpha value is -1.89. The summed E-state index contributed by atoms with van der Waals surface area (Å²) in [5.41, 5.74) is 0. The average molecular weight is 648 g/mol. The molecule has 1 rings (SSSR count). The van der Waals surface area contributed by atoms with E-state index in [1.807, 2.05) is 13.1 Å². The van der Waals surface area contributed by atoms with E-state index < -0.39 is 0 Å². The summed E-state index contributed by atoms with van der Waals surface area (Å²) in [6, 6.07) is 0. The van der Waals surface area contributed by atoms with Crippen molar-refractivity contribution < 1.29 is 19.1 Å². The minimum atomic E-state index is -0.0424. The van der Waals surface area contributed by atoms with E-state index in [1.54, 1.807) is 0 Å². The van der Waals surface area contributed by atoms with Crippen molar-refractivity contribution in [3.63, 3.8) is 0 Å². The zero-order chi connectivity index (χ0) is 33.5. The molecule has 1 atom stereocenters. The Morgan fingerprint density at radius 1 is 0.674 bits per heavy atom. The highest BCUT2D eigenvalue weighted by molar-refractivity contribution is 5.72. The summed E-state index contributed by atoms with van der Waals surface area (Å²) < 4.78 is 13.1. The maximum atomic E-state index is 12.6. The van der Waals surface area contributed by atoms with Gasteiger partial charge in [-0.05, 0) is 77.9 Å². The Morgan fingerprint density at radius 3 is 1.91 bits per heavy atom. The van der Waals surface area contributed by atoms with Crippen LogP contribution in [-0.4, -0.2) is 59.2 Å². The predicted molar refractivity (Wildman–Crippen MR) is 192 cm³/mol. The molecule has 0 saturated carbocycles. The molecule has 0 saturated heterocycles. The summed E-state index contributed by atoms with van der Waals surface area (Å²) in [5.74, 6) is 1.20. The van der Waals surface area contributed by atoms with Crippen LogP contribution in [0.25, 0.3) is 0 Å². The molecule has 0 amide bonds. The molecule has 7 nitrogen and oxygen atoms in total. The summed E-state index contributed by atoms with van der Waals surface area (Å²) in [5, 5.41) is 0.